The molecule has 2 aliphatic rings. The van der Waals surface area contributed by atoms with Crippen LogP contribution in [0.3, 0.4) is 0 Å². The maximum atomic E-state index is 13.0. The average molecular weight is 355 g/mol. The summed E-state index contributed by atoms with van der Waals surface area (Å²) in [6, 6.07) is 9.79. The van der Waals surface area contributed by atoms with Gasteiger partial charge in [0.2, 0.25) is 11.8 Å². The quantitative estimate of drug-likeness (QED) is 0.914. The van der Waals surface area contributed by atoms with Gasteiger partial charge in [-0.3, -0.25) is 4.79 Å². The van der Waals surface area contributed by atoms with Crippen molar-refractivity contribution < 1.29 is 13.9 Å². The number of ether oxygens (including phenoxy) is 1. The van der Waals surface area contributed by atoms with Crippen molar-refractivity contribution in [2.24, 2.45) is 11.7 Å². The fourth-order valence-corrected chi connectivity index (χ4v) is 4.04. The molecule has 6 heteroatoms. The molecule has 1 aliphatic heterocycles. The van der Waals surface area contributed by atoms with Gasteiger partial charge in [0.1, 0.15) is 11.5 Å². The van der Waals surface area contributed by atoms with Crippen LogP contribution < -0.4 is 5.73 Å². The topological polar surface area (TPSA) is 81.6 Å². The summed E-state index contributed by atoms with van der Waals surface area (Å²) in [7, 11) is 1.69. The molecule has 0 unspecified atom stereocenters. The maximum absolute atomic E-state index is 13.0. The molecule has 2 N–H and O–H groups in total. The van der Waals surface area contributed by atoms with Gasteiger partial charge in [0, 0.05) is 37.6 Å². The first kappa shape index (κ1) is 17.2. The van der Waals surface area contributed by atoms with Gasteiger partial charge in [-0.2, -0.15) is 0 Å². The van der Waals surface area contributed by atoms with Gasteiger partial charge in [-0.1, -0.05) is 18.2 Å². The highest BCUT2D eigenvalue weighted by molar-refractivity contribution is 5.79. The van der Waals surface area contributed by atoms with Gasteiger partial charge in [-0.15, -0.1) is 0 Å². The summed E-state index contributed by atoms with van der Waals surface area (Å²) in [6.07, 6.45) is 3.14. The lowest BCUT2D eigenvalue weighted by Gasteiger charge is -2.35. The second-order valence-electron chi connectivity index (χ2n) is 7.21. The van der Waals surface area contributed by atoms with Crippen LogP contribution in [-0.2, 0) is 22.5 Å². The lowest BCUT2D eigenvalue weighted by Crippen LogP contribution is -2.47. The number of benzene rings is 1. The zero-order valence-corrected chi connectivity index (χ0v) is 15.1. The minimum atomic E-state index is -0.0696. The lowest BCUT2D eigenvalue weighted by molar-refractivity contribution is -0.138. The van der Waals surface area contributed by atoms with Crippen molar-refractivity contribution in [2.75, 3.05) is 13.7 Å². The second kappa shape index (κ2) is 7.21. The number of carbonyl (C=O) groups is 1. The van der Waals surface area contributed by atoms with Crippen LogP contribution >= 0.6 is 0 Å². The number of methoxy groups -OCH3 is 1. The van der Waals surface area contributed by atoms with Gasteiger partial charge < -0.3 is 19.8 Å². The van der Waals surface area contributed by atoms with Crippen molar-refractivity contribution in [2.45, 2.75) is 44.4 Å². The summed E-state index contributed by atoms with van der Waals surface area (Å²) in [5.41, 5.74) is 8.00. The van der Waals surface area contributed by atoms with Gasteiger partial charge in [0.25, 0.3) is 0 Å². The summed E-state index contributed by atoms with van der Waals surface area (Å²) in [5, 5.41) is 0. The van der Waals surface area contributed by atoms with E-state index in [9.17, 15) is 4.79 Å². The van der Waals surface area contributed by atoms with E-state index in [4.69, 9.17) is 14.9 Å². The molecule has 0 spiro atoms. The van der Waals surface area contributed by atoms with Crippen LogP contribution in [0.2, 0.25) is 0 Å². The number of aromatic nitrogens is 1. The molecule has 138 valence electrons. The molecule has 1 aliphatic carbocycles. The van der Waals surface area contributed by atoms with E-state index in [0.29, 0.717) is 31.8 Å². The number of carbonyl (C=O) groups excluding carboxylic acids is 1. The molecule has 26 heavy (non-hydrogen) atoms. The lowest BCUT2D eigenvalue weighted by atomic mass is 9.83. The molecule has 6 nitrogen and oxygen atoms in total. The van der Waals surface area contributed by atoms with E-state index in [1.165, 1.54) is 0 Å². The Labute approximate surface area is 153 Å². The molecule has 0 bridgehead atoms. The minimum Gasteiger partial charge on any atom is -0.441 e. The third-order valence-corrected chi connectivity index (χ3v) is 5.55. The molecule has 4 rings (SSSR count). The van der Waals surface area contributed by atoms with Gasteiger partial charge >= 0.3 is 0 Å². The first-order chi connectivity index (χ1) is 12.7. The zero-order valence-electron chi connectivity index (χ0n) is 15.1. The maximum Gasteiger partial charge on any atom is 0.226 e. The number of rotatable bonds is 3. The summed E-state index contributed by atoms with van der Waals surface area (Å²) in [4.78, 5) is 19.5. The zero-order chi connectivity index (χ0) is 18.1. The molecule has 0 radical (unpaired) electrons. The van der Waals surface area contributed by atoms with Crippen LogP contribution in [-0.4, -0.2) is 41.6 Å². The molecular weight excluding hydrogens is 330 g/mol. The van der Waals surface area contributed by atoms with E-state index >= 15 is 0 Å². The van der Waals surface area contributed by atoms with Crippen LogP contribution in [0.5, 0.6) is 0 Å². The number of nitrogens with two attached hydrogens (primary N) is 1. The summed E-state index contributed by atoms with van der Waals surface area (Å²) >= 11 is 0. The van der Waals surface area contributed by atoms with Crippen LogP contribution in [0.1, 0.15) is 30.7 Å². The fourth-order valence-electron chi connectivity index (χ4n) is 4.04. The highest BCUT2D eigenvalue weighted by Crippen LogP contribution is 2.30. The highest BCUT2D eigenvalue weighted by atomic mass is 16.5. The number of fused-ring (bicyclic) bond motifs is 1. The van der Waals surface area contributed by atoms with Crippen molar-refractivity contribution in [3.05, 3.63) is 41.8 Å². The largest absolute Gasteiger partial charge is 0.441 e. The predicted molar refractivity (Wildman–Crippen MR) is 97.2 cm³/mol. The molecular formula is C20H25N3O3. The number of amides is 1. The fraction of sp³-hybridized carbons (Fsp3) is 0.500. The molecule has 1 amide bonds. The van der Waals surface area contributed by atoms with Gasteiger partial charge in [0.05, 0.1) is 12.6 Å². The predicted octanol–water partition coefficient (Wildman–Crippen LogP) is 2.37. The Kier molecular flexibility index (Phi) is 4.78. The van der Waals surface area contributed by atoms with E-state index < -0.39 is 0 Å². The Hall–Kier alpha value is -2.18. The van der Waals surface area contributed by atoms with E-state index in [2.05, 4.69) is 4.98 Å². The monoisotopic (exact) mass is 355 g/mol. The molecule has 1 saturated carbocycles. The summed E-state index contributed by atoms with van der Waals surface area (Å²) < 4.78 is 11.3. The van der Waals surface area contributed by atoms with Crippen LogP contribution in [0.4, 0.5) is 0 Å². The first-order valence-corrected chi connectivity index (χ1v) is 9.27. The number of oxazole rings is 1. The Balaban J connectivity index is 1.45. The SMILES string of the molecule is CO[C@@H]1CC[C@H](C(=O)N2CCc3oc(-c4ccccc4)nc3C2)C[C@H]1N. The highest BCUT2D eigenvalue weighted by Gasteiger charge is 2.35. The third kappa shape index (κ3) is 3.27. The van der Waals surface area contributed by atoms with Gasteiger partial charge in [-0.25, -0.2) is 4.98 Å². The average Bonchev–Trinajstić information content (AvgIpc) is 3.11. The van der Waals surface area contributed by atoms with Crippen LogP contribution in [0, 0.1) is 5.92 Å². The van der Waals surface area contributed by atoms with Crippen molar-refractivity contribution in [3.63, 3.8) is 0 Å². The molecule has 1 fully saturated rings. The molecule has 2 aromatic rings. The molecule has 3 atom stereocenters. The Morgan fingerprint density at radius 3 is 2.85 bits per heavy atom. The smallest absolute Gasteiger partial charge is 0.226 e. The Morgan fingerprint density at radius 1 is 1.31 bits per heavy atom. The summed E-state index contributed by atoms with van der Waals surface area (Å²) in [6.45, 7) is 1.19. The molecule has 1 aromatic carbocycles. The van der Waals surface area contributed by atoms with Gasteiger partial charge in [0.15, 0.2) is 0 Å². The van der Waals surface area contributed by atoms with Crippen LogP contribution in [0.25, 0.3) is 11.5 Å². The summed E-state index contributed by atoms with van der Waals surface area (Å²) in [5.74, 6) is 1.70. The van der Waals surface area contributed by atoms with E-state index in [-0.39, 0.29) is 24.0 Å². The van der Waals surface area contributed by atoms with E-state index in [0.717, 1.165) is 29.9 Å². The van der Waals surface area contributed by atoms with E-state index in [1.54, 1.807) is 7.11 Å². The number of hydrogen-bond acceptors (Lipinski definition) is 5. The molecule has 2 heterocycles. The second-order valence-corrected chi connectivity index (χ2v) is 7.21. The van der Waals surface area contributed by atoms with Crippen molar-refractivity contribution in [3.8, 4) is 11.5 Å². The van der Waals surface area contributed by atoms with Crippen molar-refractivity contribution >= 4 is 5.91 Å². The van der Waals surface area contributed by atoms with Crippen molar-refractivity contribution in [1.82, 2.24) is 9.88 Å². The first-order valence-electron chi connectivity index (χ1n) is 9.27. The van der Waals surface area contributed by atoms with Crippen LogP contribution in [0.15, 0.2) is 34.7 Å². The molecule has 0 saturated heterocycles. The Bertz CT molecular complexity index is 774. The van der Waals surface area contributed by atoms with Crippen molar-refractivity contribution in [1.29, 1.82) is 0 Å². The normalized spacial score (nSPS) is 25.8. The number of hydrogen-bond donors (Lipinski definition) is 1. The number of nitrogens with zero attached hydrogens (tertiary/aromatic N) is 2. The standard InChI is InChI=1S/C20H25N3O3/c1-25-17-8-7-14(11-15(17)21)20(24)23-10-9-18-16(12-23)22-19(26-18)13-5-3-2-4-6-13/h2-6,14-15,17H,7-12,21H2,1H3/t14-,15+,17+/m0/s1. The Morgan fingerprint density at radius 2 is 2.12 bits per heavy atom. The molecule has 1 aromatic heterocycles. The van der Waals surface area contributed by atoms with E-state index in [1.807, 2.05) is 35.2 Å². The van der Waals surface area contributed by atoms with Gasteiger partial charge in [-0.05, 0) is 31.4 Å². The third-order valence-electron chi connectivity index (χ3n) is 5.55. The minimum absolute atomic E-state index is 0.0153.